The van der Waals surface area contributed by atoms with Crippen molar-refractivity contribution < 1.29 is 19.4 Å². The highest BCUT2D eigenvalue weighted by molar-refractivity contribution is 5.89. The molecule has 0 saturated carbocycles. The molecule has 0 radical (unpaired) electrons. The number of ether oxygens (including phenoxy) is 2. The number of hydrogen-bond acceptors (Lipinski definition) is 5. The normalized spacial score (nSPS) is 19.8. The lowest BCUT2D eigenvalue weighted by Gasteiger charge is -2.36. The summed E-state index contributed by atoms with van der Waals surface area (Å²) in [5, 5.41) is 15.0. The van der Waals surface area contributed by atoms with E-state index in [-0.39, 0.29) is 24.8 Å². The number of rotatable bonds is 7. The number of fused-ring (bicyclic) bond motifs is 1. The van der Waals surface area contributed by atoms with E-state index in [4.69, 9.17) is 9.47 Å². The predicted molar refractivity (Wildman–Crippen MR) is 137 cm³/mol. The molecule has 8 heteroatoms. The van der Waals surface area contributed by atoms with Crippen LogP contribution in [0.1, 0.15) is 42.4 Å². The number of anilines is 1. The zero-order valence-corrected chi connectivity index (χ0v) is 20.1. The number of imidazole rings is 1. The number of aromatic nitrogens is 2. The van der Waals surface area contributed by atoms with Crippen molar-refractivity contribution in [3.05, 3.63) is 95.8 Å². The lowest BCUT2D eigenvalue weighted by molar-refractivity contribution is -0.252. The van der Waals surface area contributed by atoms with Crippen LogP contribution in [0.5, 0.6) is 0 Å². The van der Waals surface area contributed by atoms with Crippen LogP contribution < -0.4 is 10.6 Å². The third-order valence-corrected chi connectivity index (χ3v) is 6.32. The van der Waals surface area contributed by atoms with E-state index in [1.165, 1.54) is 0 Å². The molecule has 1 aliphatic rings. The Balaban J connectivity index is 1.38. The monoisotopic (exact) mass is 486 g/mol. The van der Waals surface area contributed by atoms with Crippen LogP contribution in [0.3, 0.4) is 0 Å². The number of aliphatic hydroxyl groups is 1. The number of nitrogens with one attached hydrogen (secondary N) is 2. The summed E-state index contributed by atoms with van der Waals surface area (Å²) in [6.07, 6.45) is 1.67. The molecule has 2 amide bonds. The Labute approximate surface area is 209 Å². The van der Waals surface area contributed by atoms with Gasteiger partial charge in [0.05, 0.1) is 42.7 Å². The Morgan fingerprint density at radius 3 is 2.53 bits per heavy atom. The number of benzene rings is 3. The molecule has 0 bridgehead atoms. The summed E-state index contributed by atoms with van der Waals surface area (Å²) in [7, 11) is 0. The fraction of sp³-hybridized carbons (Fsp3) is 0.286. The van der Waals surface area contributed by atoms with Crippen LogP contribution in [0, 0.1) is 0 Å². The van der Waals surface area contributed by atoms with E-state index >= 15 is 0 Å². The first kappa shape index (κ1) is 24.0. The Bertz CT molecular complexity index is 1300. The highest BCUT2D eigenvalue weighted by Crippen LogP contribution is 2.38. The van der Waals surface area contributed by atoms with Crippen LogP contribution >= 0.6 is 0 Å². The van der Waals surface area contributed by atoms with Gasteiger partial charge in [-0.25, -0.2) is 9.78 Å². The van der Waals surface area contributed by atoms with Crippen molar-refractivity contribution in [3.8, 4) is 0 Å². The highest BCUT2D eigenvalue weighted by Gasteiger charge is 2.32. The van der Waals surface area contributed by atoms with E-state index in [0.717, 1.165) is 27.7 Å². The maximum atomic E-state index is 11.8. The molecule has 4 aromatic rings. The number of para-hydroxylation sites is 2. The SMILES string of the molecule is CCNC(=O)Nc1ccc([C@@H]2O[C@H](Cn3cnc4ccccc43)C[C@H](c3ccc(CO)cc3)O2)cc1. The minimum Gasteiger partial charge on any atom is -0.392 e. The topological polar surface area (TPSA) is 97.6 Å². The molecule has 1 fully saturated rings. The van der Waals surface area contributed by atoms with Gasteiger partial charge in [0.2, 0.25) is 0 Å². The second kappa shape index (κ2) is 10.9. The molecule has 8 nitrogen and oxygen atoms in total. The van der Waals surface area contributed by atoms with Crippen molar-refractivity contribution in [2.24, 2.45) is 0 Å². The molecule has 0 spiro atoms. The summed E-state index contributed by atoms with van der Waals surface area (Å²) in [6.45, 7) is 3.08. The smallest absolute Gasteiger partial charge is 0.319 e. The molecule has 1 aromatic heterocycles. The van der Waals surface area contributed by atoms with Gasteiger partial charge in [-0.2, -0.15) is 0 Å². The summed E-state index contributed by atoms with van der Waals surface area (Å²) >= 11 is 0. The molecule has 3 aromatic carbocycles. The number of aliphatic hydroxyl groups excluding tert-OH is 1. The second-order valence-electron chi connectivity index (χ2n) is 8.84. The first-order valence-electron chi connectivity index (χ1n) is 12.2. The average Bonchev–Trinajstić information content (AvgIpc) is 3.32. The summed E-state index contributed by atoms with van der Waals surface area (Å²) in [5.74, 6) is 0. The van der Waals surface area contributed by atoms with E-state index in [2.05, 4.69) is 26.3 Å². The number of amides is 2. The van der Waals surface area contributed by atoms with Crippen LogP contribution in [-0.4, -0.2) is 33.3 Å². The maximum absolute atomic E-state index is 11.8. The van der Waals surface area contributed by atoms with Crippen molar-refractivity contribution in [3.63, 3.8) is 0 Å². The molecular weight excluding hydrogens is 456 g/mol. The molecule has 3 N–H and O–H groups in total. The summed E-state index contributed by atoms with van der Waals surface area (Å²) in [5.41, 5.74) is 5.47. The van der Waals surface area contributed by atoms with Gasteiger partial charge in [-0.3, -0.25) is 0 Å². The van der Waals surface area contributed by atoms with E-state index < -0.39 is 6.29 Å². The first-order valence-corrected chi connectivity index (χ1v) is 12.2. The lowest BCUT2D eigenvalue weighted by atomic mass is 10.00. The Morgan fingerprint density at radius 1 is 1.03 bits per heavy atom. The number of hydrogen-bond donors (Lipinski definition) is 3. The molecule has 36 heavy (non-hydrogen) atoms. The average molecular weight is 487 g/mol. The summed E-state index contributed by atoms with van der Waals surface area (Å²) in [4.78, 5) is 16.4. The summed E-state index contributed by atoms with van der Waals surface area (Å²) in [6, 6.07) is 23.2. The number of urea groups is 1. The molecule has 3 atom stereocenters. The van der Waals surface area contributed by atoms with E-state index in [1.54, 1.807) is 0 Å². The number of carbonyl (C=O) groups excluding carboxylic acids is 1. The minimum atomic E-state index is -0.570. The molecule has 1 saturated heterocycles. The quantitative estimate of drug-likeness (QED) is 0.345. The van der Waals surface area contributed by atoms with Crippen molar-refractivity contribution in [1.29, 1.82) is 0 Å². The van der Waals surface area contributed by atoms with Gasteiger partial charge in [0, 0.05) is 24.2 Å². The molecular formula is C28H30N4O4. The van der Waals surface area contributed by atoms with Crippen LogP contribution in [0.4, 0.5) is 10.5 Å². The first-order chi connectivity index (χ1) is 17.6. The van der Waals surface area contributed by atoms with Gasteiger partial charge in [0.15, 0.2) is 6.29 Å². The molecule has 0 aliphatic carbocycles. The fourth-order valence-electron chi connectivity index (χ4n) is 4.47. The molecule has 2 heterocycles. The van der Waals surface area contributed by atoms with E-state index in [0.29, 0.717) is 25.2 Å². The Morgan fingerprint density at radius 2 is 1.78 bits per heavy atom. The molecule has 1 aliphatic heterocycles. The van der Waals surface area contributed by atoms with Gasteiger partial charge < -0.3 is 29.8 Å². The van der Waals surface area contributed by atoms with Crippen molar-refractivity contribution >= 4 is 22.8 Å². The second-order valence-corrected chi connectivity index (χ2v) is 8.84. The van der Waals surface area contributed by atoms with Crippen LogP contribution in [0.25, 0.3) is 11.0 Å². The third-order valence-electron chi connectivity index (χ3n) is 6.32. The predicted octanol–water partition coefficient (Wildman–Crippen LogP) is 4.92. The van der Waals surface area contributed by atoms with Crippen molar-refractivity contribution in [1.82, 2.24) is 14.9 Å². The van der Waals surface area contributed by atoms with Crippen molar-refractivity contribution in [2.75, 3.05) is 11.9 Å². The zero-order chi connectivity index (χ0) is 24.9. The lowest BCUT2D eigenvalue weighted by Crippen LogP contribution is -2.32. The van der Waals surface area contributed by atoms with Gasteiger partial charge in [-0.05, 0) is 42.3 Å². The van der Waals surface area contributed by atoms with Gasteiger partial charge in [-0.1, -0.05) is 48.5 Å². The van der Waals surface area contributed by atoms with Gasteiger partial charge in [-0.15, -0.1) is 0 Å². The van der Waals surface area contributed by atoms with Gasteiger partial charge in [0.25, 0.3) is 0 Å². The van der Waals surface area contributed by atoms with E-state index in [9.17, 15) is 9.90 Å². The van der Waals surface area contributed by atoms with Crippen molar-refractivity contribution in [2.45, 2.75) is 45.0 Å². The molecule has 5 rings (SSSR count). The Kier molecular flexibility index (Phi) is 7.27. The maximum Gasteiger partial charge on any atom is 0.319 e. The number of nitrogens with zero attached hydrogens (tertiary/aromatic N) is 2. The molecule has 0 unspecified atom stereocenters. The van der Waals surface area contributed by atoms with Crippen LogP contribution in [0.15, 0.2) is 79.1 Å². The van der Waals surface area contributed by atoms with Gasteiger partial charge in [0.1, 0.15) is 0 Å². The highest BCUT2D eigenvalue weighted by atomic mass is 16.7. The fourth-order valence-corrected chi connectivity index (χ4v) is 4.47. The number of carbonyl (C=O) groups is 1. The standard InChI is InChI=1S/C28H30N4O4/c1-2-29-28(34)31-22-13-11-21(12-14-22)27-35-23(16-32-18-30-24-5-3-4-6-25(24)32)15-26(36-27)20-9-7-19(17-33)8-10-20/h3-14,18,23,26-27,33H,2,15-17H2,1H3,(H2,29,31,34)/t23-,26+,27+/m0/s1. The van der Waals surface area contributed by atoms with Crippen LogP contribution in [0.2, 0.25) is 0 Å². The zero-order valence-electron chi connectivity index (χ0n) is 20.1. The Hall–Kier alpha value is -3.72. The van der Waals surface area contributed by atoms with Crippen LogP contribution in [-0.2, 0) is 22.6 Å². The summed E-state index contributed by atoms with van der Waals surface area (Å²) < 4.78 is 15.0. The van der Waals surface area contributed by atoms with Gasteiger partial charge >= 0.3 is 6.03 Å². The minimum absolute atomic E-state index is 0.00450. The van der Waals surface area contributed by atoms with E-state index in [1.807, 2.05) is 80.0 Å². The third kappa shape index (κ3) is 5.41. The largest absolute Gasteiger partial charge is 0.392 e. The molecule has 186 valence electrons.